The van der Waals surface area contributed by atoms with Crippen LogP contribution in [-0.4, -0.2) is 43.5 Å². The van der Waals surface area contributed by atoms with Crippen LogP contribution in [0.2, 0.25) is 0 Å². The number of methoxy groups -OCH3 is 1. The Kier molecular flexibility index (Phi) is 7.23. The molecule has 0 spiro atoms. The SMILES string of the molecule is COCCCN(CC(=O)Nc1ccc(C(C)(C)C)cc1)C(C)=O. The highest BCUT2D eigenvalue weighted by Gasteiger charge is 2.15. The molecule has 128 valence electrons. The summed E-state index contributed by atoms with van der Waals surface area (Å²) in [7, 11) is 1.62. The average molecular weight is 320 g/mol. The first-order valence-corrected chi connectivity index (χ1v) is 7.89. The number of benzene rings is 1. The monoisotopic (exact) mass is 320 g/mol. The Morgan fingerprint density at radius 2 is 1.78 bits per heavy atom. The van der Waals surface area contributed by atoms with Gasteiger partial charge in [-0.2, -0.15) is 0 Å². The van der Waals surface area contributed by atoms with E-state index in [1.807, 2.05) is 24.3 Å². The molecule has 0 aromatic heterocycles. The standard InChI is InChI=1S/C18H28N2O3/c1-14(21)20(11-6-12-23-5)13-17(22)19-16-9-7-15(8-10-16)18(2,3)4/h7-10H,6,11-13H2,1-5H3,(H,19,22). The predicted octanol–water partition coefficient (Wildman–Crippen LogP) is 2.81. The first-order valence-electron chi connectivity index (χ1n) is 7.89. The summed E-state index contributed by atoms with van der Waals surface area (Å²) in [5.41, 5.74) is 2.03. The van der Waals surface area contributed by atoms with Crippen molar-refractivity contribution in [3.05, 3.63) is 29.8 Å². The van der Waals surface area contributed by atoms with Gasteiger partial charge in [0.25, 0.3) is 0 Å². The van der Waals surface area contributed by atoms with E-state index >= 15 is 0 Å². The summed E-state index contributed by atoms with van der Waals surface area (Å²) >= 11 is 0. The highest BCUT2D eigenvalue weighted by molar-refractivity contribution is 5.94. The summed E-state index contributed by atoms with van der Waals surface area (Å²) < 4.78 is 4.97. The van der Waals surface area contributed by atoms with Crippen LogP contribution in [0.4, 0.5) is 5.69 Å². The third-order valence-corrected chi connectivity index (χ3v) is 3.59. The molecule has 23 heavy (non-hydrogen) atoms. The van der Waals surface area contributed by atoms with Gasteiger partial charge in [-0.05, 0) is 29.5 Å². The van der Waals surface area contributed by atoms with Crippen LogP contribution in [-0.2, 0) is 19.7 Å². The van der Waals surface area contributed by atoms with Gasteiger partial charge in [0.2, 0.25) is 11.8 Å². The fraction of sp³-hybridized carbons (Fsp3) is 0.556. The average Bonchev–Trinajstić information content (AvgIpc) is 2.45. The van der Waals surface area contributed by atoms with E-state index in [4.69, 9.17) is 4.74 Å². The minimum absolute atomic E-state index is 0.0556. The quantitative estimate of drug-likeness (QED) is 0.786. The third kappa shape index (κ3) is 6.82. The number of carbonyl (C=O) groups is 2. The van der Waals surface area contributed by atoms with E-state index in [-0.39, 0.29) is 23.8 Å². The Bertz CT molecular complexity index is 518. The Morgan fingerprint density at radius 3 is 2.26 bits per heavy atom. The van der Waals surface area contributed by atoms with Crippen molar-refractivity contribution in [1.29, 1.82) is 0 Å². The van der Waals surface area contributed by atoms with Crippen molar-refractivity contribution in [3.8, 4) is 0 Å². The highest BCUT2D eigenvalue weighted by atomic mass is 16.5. The van der Waals surface area contributed by atoms with Gasteiger partial charge < -0.3 is 15.0 Å². The number of hydrogen-bond donors (Lipinski definition) is 1. The van der Waals surface area contributed by atoms with Gasteiger partial charge in [0.15, 0.2) is 0 Å². The lowest BCUT2D eigenvalue weighted by Crippen LogP contribution is -2.37. The van der Waals surface area contributed by atoms with Crippen molar-refractivity contribution in [2.45, 2.75) is 39.5 Å². The van der Waals surface area contributed by atoms with Crippen molar-refractivity contribution in [2.24, 2.45) is 0 Å². The number of nitrogens with one attached hydrogen (secondary N) is 1. The molecule has 0 saturated heterocycles. The minimum Gasteiger partial charge on any atom is -0.385 e. The topological polar surface area (TPSA) is 58.6 Å². The smallest absolute Gasteiger partial charge is 0.243 e. The molecule has 1 N–H and O–H groups in total. The van der Waals surface area contributed by atoms with Gasteiger partial charge in [0, 0.05) is 32.9 Å². The number of amides is 2. The Hall–Kier alpha value is -1.88. The van der Waals surface area contributed by atoms with Gasteiger partial charge in [-0.3, -0.25) is 9.59 Å². The zero-order valence-electron chi connectivity index (χ0n) is 14.8. The number of hydrogen-bond acceptors (Lipinski definition) is 3. The molecular formula is C18H28N2O3. The zero-order chi connectivity index (χ0) is 17.5. The molecule has 0 radical (unpaired) electrons. The lowest BCUT2D eigenvalue weighted by Gasteiger charge is -2.21. The van der Waals surface area contributed by atoms with Crippen LogP contribution in [0, 0.1) is 0 Å². The van der Waals surface area contributed by atoms with Gasteiger partial charge in [-0.1, -0.05) is 32.9 Å². The summed E-state index contributed by atoms with van der Waals surface area (Å²) in [6, 6.07) is 7.80. The number of carbonyl (C=O) groups excluding carboxylic acids is 2. The van der Waals surface area contributed by atoms with Crippen molar-refractivity contribution < 1.29 is 14.3 Å². The number of ether oxygens (including phenoxy) is 1. The zero-order valence-corrected chi connectivity index (χ0v) is 14.8. The maximum Gasteiger partial charge on any atom is 0.243 e. The minimum atomic E-state index is -0.193. The lowest BCUT2D eigenvalue weighted by atomic mass is 9.87. The molecule has 0 bridgehead atoms. The molecular weight excluding hydrogens is 292 g/mol. The molecule has 0 heterocycles. The van der Waals surface area contributed by atoms with E-state index in [2.05, 4.69) is 26.1 Å². The largest absolute Gasteiger partial charge is 0.385 e. The van der Waals surface area contributed by atoms with Crippen molar-refractivity contribution in [1.82, 2.24) is 4.90 Å². The normalized spacial score (nSPS) is 11.2. The number of rotatable bonds is 7. The van der Waals surface area contributed by atoms with E-state index < -0.39 is 0 Å². The first-order chi connectivity index (χ1) is 10.7. The molecule has 0 aliphatic rings. The van der Waals surface area contributed by atoms with Crippen LogP contribution in [0.15, 0.2) is 24.3 Å². The van der Waals surface area contributed by atoms with E-state index in [9.17, 15) is 9.59 Å². The fourth-order valence-electron chi connectivity index (χ4n) is 2.18. The molecule has 1 rings (SSSR count). The van der Waals surface area contributed by atoms with Gasteiger partial charge >= 0.3 is 0 Å². The van der Waals surface area contributed by atoms with Gasteiger partial charge in [-0.25, -0.2) is 0 Å². The lowest BCUT2D eigenvalue weighted by molar-refractivity contribution is -0.132. The van der Waals surface area contributed by atoms with Crippen LogP contribution >= 0.6 is 0 Å². The maximum atomic E-state index is 12.1. The summed E-state index contributed by atoms with van der Waals surface area (Å²) in [5, 5.41) is 2.83. The van der Waals surface area contributed by atoms with Crippen LogP contribution in [0.1, 0.15) is 39.7 Å². The second-order valence-electron chi connectivity index (χ2n) is 6.66. The molecule has 0 atom stereocenters. The van der Waals surface area contributed by atoms with Crippen molar-refractivity contribution in [2.75, 3.05) is 32.1 Å². The number of nitrogens with zero attached hydrogens (tertiary/aromatic N) is 1. The first kappa shape index (κ1) is 19.2. The van der Waals surface area contributed by atoms with E-state index in [0.29, 0.717) is 19.6 Å². The van der Waals surface area contributed by atoms with Crippen LogP contribution in [0.3, 0.4) is 0 Å². The Labute approximate surface area is 139 Å². The van der Waals surface area contributed by atoms with Crippen molar-refractivity contribution >= 4 is 17.5 Å². The molecule has 5 heteroatoms. The molecule has 0 unspecified atom stereocenters. The summed E-state index contributed by atoms with van der Waals surface area (Å²) in [6.07, 6.45) is 0.712. The molecule has 0 fully saturated rings. The van der Waals surface area contributed by atoms with Crippen LogP contribution < -0.4 is 5.32 Å². The van der Waals surface area contributed by atoms with E-state index in [0.717, 1.165) is 5.69 Å². The molecule has 0 saturated carbocycles. The van der Waals surface area contributed by atoms with Crippen LogP contribution in [0.5, 0.6) is 0 Å². The fourth-order valence-corrected chi connectivity index (χ4v) is 2.18. The summed E-state index contributed by atoms with van der Waals surface area (Å²) in [5.74, 6) is -0.305. The molecule has 2 amide bonds. The van der Waals surface area contributed by atoms with Gasteiger partial charge in [-0.15, -0.1) is 0 Å². The number of anilines is 1. The van der Waals surface area contributed by atoms with Gasteiger partial charge in [0.05, 0.1) is 6.54 Å². The van der Waals surface area contributed by atoms with Crippen molar-refractivity contribution in [3.63, 3.8) is 0 Å². The Morgan fingerprint density at radius 1 is 1.17 bits per heavy atom. The van der Waals surface area contributed by atoms with E-state index in [1.165, 1.54) is 17.4 Å². The molecule has 0 aliphatic carbocycles. The predicted molar refractivity (Wildman–Crippen MR) is 92.5 cm³/mol. The van der Waals surface area contributed by atoms with Gasteiger partial charge in [0.1, 0.15) is 0 Å². The molecule has 5 nitrogen and oxygen atoms in total. The third-order valence-electron chi connectivity index (χ3n) is 3.59. The second kappa shape index (κ2) is 8.67. The summed E-state index contributed by atoms with van der Waals surface area (Å²) in [6.45, 7) is 9.04. The Balaban J connectivity index is 2.58. The second-order valence-corrected chi connectivity index (χ2v) is 6.66. The summed E-state index contributed by atoms with van der Waals surface area (Å²) in [4.78, 5) is 25.2. The van der Waals surface area contributed by atoms with Crippen LogP contribution in [0.25, 0.3) is 0 Å². The molecule has 0 aliphatic heterocycles. The highest BCUT2D eigenvalue weighted by Crippen LogP contribution is 2.23. The molecule has 1 aromatic rings. The van der Waals surface area contributed by atoms with E-state index in [1.54, 1.807) is 7.11 Å². The molecule has 1 aromatic carbocycles. The maximum absolute atomic E-state index is 12.1.